The van der Waals surface area contributed by atoms with Crippen LogP contribution in [0.15, 0.2) is 56.7 Å². The molecule has 1 aromatic carbocycles. The molecule has 0 spiro atoms. The van der Waals surface area contributed by atoms with Gasteiger partial charge in [-0.15, -0.1) is 0 Å². The lowest BCUT2D eigenvalue weighted by Crippen LogP contribution is -2.52. The summed E-state index contributed by atoms with van der Waals surface area (Å²) in [5, 5.41) is 3.65. The molecule has 1 unspecified atom stereocenters. The minimum Gasteiger partial charge on any atom is -0.366 e. The van der Waals surface area contributed by atoms with Crippen molar-refractivity contribution in [1.82, 2.24) is 10.3 Å². The number of aromatic nitrogens is 1. The van der Waals surface area contributed by atoms with Crippen molar-refractivity contribution in [2.45, 2.75) is 18.9 Å². The predicted octanol–water partition coefficient (Wildman–Crippen LogP) is 5.01. The molecule has 2 bridgehead atoms. The monoisotopic (exact) mass is 419 g/mol. The van der Waals surface area contributed by atoms with Crippen LogP contribution in [0.1, 0.15) is 24.4 Å². The topological polar surface area (TPSA) is 37.3 Å². The van der Waals surface area contributed by atoms with Crippen molar-refractivity contribution in [2.24, 2.45) is 16.8 Å². The van der Waals surface area contributed by atoms with Crippen molar-refractivity contribution in [3.8, 4) is 0 Å². The zero-order chi connectivity index (χ0) is 15.1. The molecule has 3 nitrogen and oxygen atoms in total. The van der Waals surface area contributed by atoms with Gasteiger partial charge in [0.05, 0.1) is 11.7 Å². The van der Waals surface area contributed by atoms with E-state index in [1.807, 2.05) is 12.1 Å². The first kappa shape index (κ1) is 14.4. The fraction of sp³-hybridized carbons (Fsp3) is 0.294. The van der Waals surface area contributed by atoms with Crippen LogP contribution in [-0.4, -0.2) is 10.8 Å². The normalized spacial score (nSPS) is 28.1. The summed E-state index contributed by atoms with van der Waals surface area (Å²) in [6.07, 6.45) is 2.46. The van der Waals surface area contributed by atoms with E-state index in [-0.39, 0.29) is 0 Å². The van der Waals surface area contributed by atoms with Crippen molar-refractivity contribution in [3.63, 3.8) is 0 Å². The third kappa shape index (κ3) is 2.61. The van der Waals surface area contributed by atoms with E-state index < -0.39 is 0 Å². The predicted molar refractivity (Wildman–Crippen MR) is 95.3 cm³/mol. The van der Waals surface area contributed by atoms with Crippen molar-refractivity contribution in [3.05, 3.63) is 57.2 Å². The number of aliphatic imine (C=N–C) groups is 1. The molecule has 5 rings (SSSR count). The summed E-state index contributed by atoms with van der Waals surface area (Å²) in [4.78, 5) is 9.18. The third-order valence-corrected chi connectivity index (χ3v) is 5.56. The Labute approximate surface area is 146 Å². The van der Waals surface area contributed by atoms with Gasteiger partial charge in [0.15, 0.2) is 0 Å². The van der Waals surface area contributed by atoms with Crippen molar-refractivity contribution >= 4 is 43.4 Å². The highest BCUT2D eigenvalue weighted by Gasteiger charge is 2.44. The van der Waals surface area contributed by atoms with E-state index >= 15 is 0 Å². The second-order valence-electron chi connectivity index (χ2n) is 5.90. The summed E-state index contributed by atoms with van der Waals surface area (Å²) in [6.45, 7) is 0. The van der Waals surface area contributed by atoms with Crippen molar-refractivity contribution in [1.29, 1.82) is 0 Å². The molecule has 2 saturated heterocycles. The Morgan fingerprint density at radius 1 is 1.05 bits per heavy atom. The number of piperidine rings is 2. The number of rotatable bonds is 2. The second kappa shape index (κ2) is 5.78. The second-order valence-corrected chi connectivity index (χ2v) is 7.47. The summed E-state index contributed by atoms with van der Waals surface area (Å²) in [6, 6.07) is 15.0. The van der Waals surface area contributed by atoms with Gasteiger partial charge in [0.2, 0.25) is 0 Å². The Bertz CT molecular complexity index is 724. The number of pyridine rings is 1. The van der Waals surface area contributed by atoms with E-state index in [4.69, 9.17) is 4.99 Å². The zero-order valence-electron chi connectivity index (χ0n) is 11.8. The van der Waals surface area contributed by atoms with E-state index in [2.05, 4.69) is 72.5 Å². The fourth-order valence-corrected chi connectivity index (χ4v) is 4.27. The number of hydrogen-bond donors (Lipinski definition) is 1. The Morgan fingerprint density at radius 3 is 2.55 bits per heavy atom. The lowest BCUT2D eigenvalue weighted by molar-refractivity contribution is 0.165. The molecule has 1 aliphatic carbocycles. The molecular formula is C17H15Br2N3. The van der Waals surface area contributed by atoms with Gasteiger partial charge >= 0.3 is 0 Å². The van der Waals surface area contributed by atoms with Gasteiger partial charge in [0.1, 0.15) is 15.0 Å². The molecule has 3 fully saturated rings. The lowest BCUT2D eigenvalue weighted by Gasteiger charge is -2.48. The van der Waals surface area contributed by atoms with Gasteiger partial charge < -0.3 is 5.32 Å². The molecule has 112 valence electrons. The van der Waals surface area contributed by atoms with Crippen LogP contribution in [0.4, 0.5) is 5.69 Å². The van der Waals surface area contributed by atoms with E-state index in [1.54, 1.807) is 0 Å². The quantitative estimate of drug-likeness (QED) is 0.693. The molecule has 1 aromatic heterocycles. The van der Waals surface area contributed by atoms with Crippen LogP contribution in [0.25, 0.3) is 0 Å². The molecule has 1 N–H and O–H groups in total. The summed E-state index contributed by atoms with van der Waals surface area (Å²) in [5.41, 5.74) is 2.23. The molecular weight excluding hydrogens is 406 g/mol. The van der Waals surface area contributed by atoms with E-state index in [9.17, 15) is 0 Å². The van der Waals surface area contributed by atoms with E-state index in [0.29, 0.717) is 12.0 Å². The number of nitrogens with one attached hydrogen (secondary N) is 1. The number of hydrogen-bond acceptors (Lipinski definition) is 2. The van der Waals surface area contributed by atoms with Crippen LogP contribution in [-0.2, 0) is 0 Å². The number of benzene rings is 1. The smallest absolute Gasteiger partial charge is 0.133 e. The molecule has 1 saturated carbocycles. The molecule has 0 amide bonds. The summed E-state index contributed by atoms with van der Waals surface area (Å²) in [7, 11) is 0. The minimum absolute atomic E-state index is 0.382. The number of amidine groups is 1. The van der Waals surface area contributed by atoms with Crippen LogP contribution in [0.3, 0.4) is 0 Å². The maximum atomic E-state index is 4.83. The largest absolute Gasteiger partial charge is 0.366 e. The van der Waals surface area contributed by atoms with Gasteiger partial charge in [-0.3, -0.25) is 0 Å². The summed E-state index contributed by atoms with van der Waals surface area (Å²) < 4.78 is 1.58. The van der Waals surface area contributed by atoms with Crippen LogP contribution in [0, 0.1) is 11.8 Å². The first-order valence-electron chi connectivity index (χ1n) is 7.43. The molecule has 2 aliphatic heterocycles. The highest BCUT2D eigenvalue weighted by molar-refractivity contribution is 9.11. The van der Waals surface area contributed by atoms with E-state index in [0.717, 1.165) is 26.6 Å². The van der Waals surface area contributed by atoms with Gasteiger partial charge in [-0.05, 0) is 68.3 Å². The maximum absolute atomic E-state index is 4.83. The van der Waals surface area contributed by atoms with Gasteiger partial charge in [-0.2, -0.15) is 0 Å². The molecule has 22 heavy (non-hydrogen) atoms. The zero-order valence-corrected chi connectivity index (χ0v) is 15.0. The van der Waals surface area contributed by atoms with Crippen LogP contribution < -0.4 is 5.32 Å². The number of halogens is 2. The van der Waals surface area contributed by atoms with Gasteiger partial charge in [0, 0.05) is 5.92 Å². The summed E-state index contributed by atoms with van der Waals surface area (Å²) in [5.74, 6) is 2.40. The van der Waals surface area contributed by atoms with Gasteiger partial charge in [0.25, 0.3) is 0 Å². The van der Waals surface area contributed by atoms with E-state index in [1.165, 1.54) is 18.4 Å². The van der Waals surface area contributed by atoms with Crippen LogP contribution in [0.5, 0.6) is 0 Å². The first-order chi connectivity index (χ1) is 10.7. The molecule has 5 heteroatoms. The first-order valence-corrected chi connectivity index (χ1v) is 9.01. The van der Waals surface area contributed by atoms with Crippen LogP contribution >= 0.6 is 31.9 Å². The Balaban J connectivity index is 1.64. The van der Waals surface area contributed by atoms with Crippen molar-refractivity contribution < 1.29 is 0 Å². The summed E-state index contributed by atoms with van der Waals surface area (Å²) >= 11 is 6.87. The molecule has 3 heterocycles. The molecule has 3 aliphatic rings. The average Bonchev–Trinajstić information content (AvgIpc) is 2.50. The Morgan fingerprint density at radius 2 is 1.82 bits per heavy atom. The lowest BCUT2D eigenvalue weighted by atomic mass is 9.65. The number of fused-ring (bicyclic) bond motifs is 2. The standard InChI is InChI=1S/C17H15Br2N3/c18-14-7-6-13(16(19)21-14)20-17-12-8-11(9-12)15(22-17)10-4-2-1-3-5-10/h1-7,11-12,15H,8-9H2,(H,20,22). The maximum Gasteiger partial charge on any atom is 0.133 e. The minimum atomic E-state index is 0.382. The molecule has 1 atom stereocenters. The third-order valence-electron chi connectivity index (χ3n) is 4.53. The van der Waals surface area contributed by atoms with Crippen LogP contribution in [0.2, 0.25) is 0 Å². The number of nitrogens with zero attached hydrogens (tertiary/aromatic N) is 2. The average molecular weight is 421 g/mol. The van der Waals surface area contributed by atoms with Gasteiger partial charge in [-0.25, -0.2) is 9.98 Å². The SMILES string of the molecule is Brc1ccc(/N=C2\NC(c3ccccc3)C3CC2C3)c(Br)n1. The Kier molecular flexibility index (Phi) is 3.78. The highest BCUT2D eigenvalue weighted by atomic mass is 79.9. The molecule has 2 aromatic rings. The Hall–Kier alpha value is -1.20. The van der Waals surface area contributed by atoms with Gasteiger partial charge in [-0.1, -0.05) is 30.3 Å². The highest BCUT2D eigenvalue weighted by Crippen LogP contribution is 2.47. The fourth-order valence-electron chi connectivity index (χ4n) is 3.31. The molecule has 0 radical (unpaired) electrons. The van der Waals surface area contributed by atoms with Crippen molar-refractivity contribution in [2.75, 3.05) is 0 Å².